The Balaban J connectivity index is 2.32. The number of thioether (sulfide) groups is 1. The van der Waals surface area contributed by atoms with Crippen LogP contribution in [0.1, 0.15) is 35.2 Å². The summed E-state index contributed by atoms with van der Waals surface area (Å²) in [5.74, 6) is 6.51. The molecule has 1 aromatic carbocycles. The van der Waals surface area contributed by atoms with E-state index in [1.807, 2.05) is 11.8 Å². The average molecular weight is 291 g/mol. The standard InChI is InChI=1S/C16H21NO2S/c1-20-13-4-2-3-11-17-16(19)15-9-7-14(8-10-15)6-5-12-18/h7-10,18H,2-4,11-13H2,1H3,(H,17,19). The van der Waals surface area contributed by atoms with Gasteiger partial charge in [0.1, 0.15) is 6.61 Å². The molecule has 0 atom stereocenters. The molecule has 1 aromatic rings. The van der Waals surface area contributed by atoms with Crippen molar-refractivity contribution < 1.29 is 9.90 Å². The van der Waals surface area contributed by atoms with Crippen LogP contribution in [0.3, 0.4) is 0 Å². The van der Waals surface area contributed by atoms with Gasteiger partial charge in [-0.1, -0.05) is 18.3 Å². The fraction of sp³-hybridized carbons (Fsp3) is 0.438. The van der Waals surface area contributed by atoms with Crippen LogP contribution in [0, 0.1) is 11.8 Å². The summed E-state index contributed by atoms with van der Waals surface area (Å²) < 4.78 is 0. The number of hydrogen-bond donors (Lipinski definition) is 2. The van der Waals surface area contributed by atoms with Crippen LogP contribution in [0.15, 0.2) is 24.3 Å². The summed E-state index contributed by atoms with van der Waals surface area (Å²) in [4.78, 5) is 11.9. The smallest absolute Gasteiger partial charge is 0.251 e. The molecule has 0 radical (unpaired) electrons. The van der Waals surface area contributed by atoms with E-state index in [1.54, 1.807) is 24.3 Å². The van der Waals surface area contributed by atoms with E-state index in [2.05, 4.69) is 23.4 Å². The van der Waals surface area contributed by atoms with E-state index in [0.29, 0.717) is 5.56 Å². The summed E-state index contributed by atoms with van der Waals surface area (Å²) in [6, 6.07) is 7.08. The van der Waals surface area contributed by atoms with E-state index >= 15 is 0 Å². The van der Waals surface area contributed by atoms with E-state index in [-0.39, 0.29) is 12.5 Å². The number of carbonyl (C=O) groups excluding carboxylic acids is 1. The molecule has 0 aliphatic heterocycles. The van der Waals surface area contributed by atoms with Crippen molar-refractivity contribution in [3.8, 4) is 11.8 Å². The second-order valence-electron chi connectivity index (χ2n) is 4.35. The Morgan fingerprint density at radius 3 is 2.65 bits per heavy atom. The quantitative estimate of drug-likeness (QED) is 0.598. The maximum absolute atomic E-state index is 11.9. The normalized spacial score (nSPS) is 9.70. The van der Waals surface area contributed by atoms with Gasteiger partial charge in [0, 0.05) is 17.7 Å². The zero-order valence-corrected chi connectivity index (χ0v) is 12.6. The molecular weight excluding hydrogens is 270 g/mol. The molecule has 0 saturated carbocycles. The Hall–Kier alpha value is -1.44. The first-order valence-electron chi connectivity index (χ1n) is 6.75. The lowest BCUT2D eigenvalue weighted by Crippen LogP contribution is -2.24. The Labute approximate surface area is 125 Å². The van der Waals surface area contributed by atoms with Gasteiger partial charge in [-0.15, -0.1) is 0 Å². The number of aliphatic hydroxyl groups is 1. The van der Waals surface area contributed by atoms with Crippen LogP contribution in [0.5, 0.6) is 0 Å². The summed E-state index contributed by atoms with van der Waals surface area (Å²) in [7, 11) is 0. The monoisotopic (exact) mass is 291 g/mol. The summed E-state index contributed by atoms with van der Waals surface area (Å²) in [5.41, 5.74) is 1.44. The molecule has 0 saturated heterocycles. The molecule has 0 heterocycles. The third-order valence-corrected chi connectivity index (χ3v) is 3.47. The van der Waals surface area contributed by atoms with Crippen LogP contribution >= 0.6 is 11.8 Å². The van der Waals surface area contributed by atoms with Crippen LogP contribution in [-0.4, -0.2) is 36.2 Å². The van der Waals surface area contributed by atoms with Crippen molar-refractivity contribution in [3.05, 3.63) is 35.4 Å². The predicted molar refractivity (Wildman–Crippen MR) is 85.0 cm³/mol. The third kappa shape index (κ3) is 6.65. The van der Waals surface area contributed by atoms with Gasteiger partial charge >= 0.3 is 0 Å². The zero-order valence-electron chi connectivity index (χ0n) is 11.8. The first kappa shape index (κ1) is 16.6. The summed E-state index contributed by atoms with van der Waals surface area (Å²) in [6.07, 6.45) is 5.48. The minimum atomic E-state index is -0.154. The molecule has 1 amide bonds. The highest BCUT2D eigenvalue weighted by Gasteiger charge is 2.03. The highest BCUT2D eigenvalue weighted by Crippen LogP contribution is 2.04. The molecule has 0 unspecified atom stereocenters. The topological polar surface area (TPSA) is 49.3 Å². The molecule has 4 heteroatoms. The Morgan fingerprint density at radius 2 is 2.00 bits per heavy atom. The first-order chi connectivity index (χ1) is 9.77. The molecule has 108 valence electrons. The number of nitrogens with one attached hydrogen (secondary N) is 1. The Kier molecular flexibility index (Phi) is 8.61. The van der Waals surface area contributed by atoms with E-state index in [0.717, 1.165) is 24.9 Å². The number of unbranched alkanes of at least 4 members (excludes halogenated alkanes) is 2. The molecule has 0 bridgehead atoms. The summed E-state index contributed by atoms with van der Waals surface area (Å²) in [5, 5.41) is 11.5. The molecule has 0 aromatic heterocycles. The van der Waals surface area contributed by atoms with Gasteiger partial charge in [-0.05, 0) is 49.1 Å². The van der Waals surface area contributed by atoms with Crippen LogP contribution in [0.2, 0.25) is 0 Å². The number of benzene rings is 1. The molecule has 1 rings (SSSR count). The van der Waals surface area contributed by atoms with Gasteiger partial charge in [-0.2, -0.15) is 11.8 Å². The van der Waals surface area contributed by atoms with Gasteiger partial charge in [0.05, 0.1) is 0 Å². The van der Waals surface area contributed by atoms with Crippen LogP contribution in [0.25, 0.3) is 0 Å². The first-order valence-corrected chi connectivity index (χ1v) is 8.14. The average Bonchev–Trinajstić information content (AvgIpc) is 2.49. The maximum Gasteiger partial charge on any atom is 0.251 e. The molecule has 0 fully saturated rings. The highest BCUT2D eigenvalue weighted by atomic mass is 32.2. The number of aliphatic hydroxyl groups excluding tert-OH is 1. The second kappa shape index (κ2) is 10.4. The lowest BCUT2D eigenvalue weighted by Gasteiger charge is -2.05. The van der Waals surface area contributed by atoms with Crippen molar-refractivity contribution in [3.63, 3.8) is 0 Å². The zero-order chi connectivity index (χ0) is 14.6. The number of rotatable bonds is 7. The van der Waals surface area contributed by atoms with Gasteiger partial charge in [-0.3, -0.25) is 4.79 Å². The Morgan fingerprint density at radius 1 is 1.25 bits per heavy atom. The fourth-order valence-corrected chi connectivity index (χ4v) is 2.19. The number of amides is 1. The predicted octanol–water partition coefficient (Wildman–Crippen LogP) is 2.29. The van der Waals surface area contributed by atoms with Gasteiger partial charge in [0.25, 0.3) is 5.91 Å². The minimum absolute atomic E-state index is 0.0449. The van der Waals surface area contributed by atoms with Crippen molar-refractivity contribution in [1.82, 2.24) is 5.32 Å². The maximum atomic E-state index is 11.9. The van der Waals surface area contributed by atoms with Gasteiger partial charge < -0.3 is 10.4 Å². The molecular formula is C16H21NO2S. The van der Waals surface area contributed by atoms with Crippen LogP contribution in [0.4, 0.5) is 0 Å². The summed E-state index contributed by atoms with van der Waals surface area (Å²) in [6.45, 7) is 0.568. The SMILES string of the molecule is CSCCCCCNC(=O)c1ccc(C#CCO)cc1. The van der Waals surface area contributed by atoms with E-state index < -0.39 is 0 Å². The van der Waals surface area contributed by atoms with Gasteiger partial charge in [-0.25, -0.2) is 0 Å². The second-order valence-corrected chi connectivity index (χ2v) is 5.33. The van der Waals surface area contributed by atoms with Crippen LogP contribution in [-0.2, 0) is 0 Å². The molecule has 2 N–H and O–H groups in total. The van der Waals surface area contributed by atoms with Gasteiger partial charge in [0.2, 0.25) is 0 Å². The van der Waals surface area contributed by atoms with Crippen molar-refractivity contribution in [2.45, 2.75) is 19.3 Å². The molecule has 0 aliphatic rings. The largest absolute Gasteiger partial charge is 0.384 e. The number of hydrogen-bond acceptors (Lipinski definition) is 3. The molecule has 0 spiro atoms. The highest BCUT2D eigenvalue weighted by molar-refractivity contribution is 7.98. The van der Waals surface area contributed by atoms with Crippen molar-refractivity contribution in [1.29, 1.82) is 0 Å². The van der Waals surface area contributed by atoms with Gasteiger partial charge in [0.15, 0.2) is 0 Å². The molecule has 0 aliphatic carbocycles. The molecule has 20 heavy (non-hydrogen) atoms. The number of carbonyl (C=O) groups is 1. The molecule has 3 nitrogen and oxygen atoms in total. The van der Waals surface area contributed by atoms with E-state index in [1.165, 1.54) is 12.2 Å². The van der Waals surface area contributed by atoms with Crippen LogP contribution < -0.4 is 5.32 Å². The minimum Gasteiger partial charge on any atom is -0.384 e. The lowest BCUT2D eigenvalue weighted by atomic mass is 10.1. The summed E-state index contributed by atoms with van der Waals surface area (Å²) >= 11 is 1.86. The lowest BCUT2D eigenvalue weighted by molar-refractivity contribution is 0.0953. The van der Waals surface area contributed by atoms with Crippen molar-refractivity contribution in [2.75, 3.05) is 25.2 Å². The van der Waals surface area contributed by atoms with E-state index in [4.69, 9.17) is 5.11 Å². The Bertz CT molecular complexity index is 460. The fourth-order valence-electron chi connectivity index (χ4n) is 1.70. The third-order valence-electron chi connectivity index (χ3n) is 2.77. The van der Waals surface area contributed by atoms with Crippen molar-refractivity contribution >= 4 is 17.7 Å². The van der Waals surface area contributed by atoms with Crippen molar-refractivity contribution in [2.24, 2.45) is 0 Å². The van der Waals surface area contributed by atoms with E-state index in [9.17, 15) is 4.79 Å².